The molecule has 0 saturated carbocycles. The summed E-state index contributed by atoms with van der Waals surface area (Å²) in [6.07, 6.45) is 1.35. The van der Waals surface area contributed by atoms with Gasteiger partial charge in [0.1, 0.15) is 5.82 Å². The monoisotopic (exact) mass is 355 g/mol. The second-order valence-corrected chi connectivity index (χ2v) is 7.29. The van der Waals surface area contributed by atoms with Crippen molar-refractivity contribution in [2.45, 2.75) is 40.0 Å². The molecule has 26 heavy (non-hydrogen) atoms. The number of carbonyl (C=O) groups is 2. The van der Waals surface area contributed by atoms with Crippen LogP contribution in [0.1, 0.15) is 40.3 Å². The minimum atomic E-state index is -0.535. The summed E-state index contributed by atoms with van der Waals surface area (Å²) < 4.78 is 6.63. The molecule has 0 spiro atoms. The molecule has 6 nitrogen and oxygen atoms in total. The van der Waals surface area contributed by atoms with Crippen molar-refractivity contribution in [3.05, 3.63) is 53.7 Å². The minimum absolute atomic E-state index is 0.171. The average Bonchev–Trinajstić information content (AvgIpc) is 2.97. The summed E-state index contributed by atoms with van der Waals surface area (Å²) in [5.74, 6) is -0.422. The van der Waals surface area contributed by atoms with Gasteiger partial charge in [-0.1, -0.05) is 44.5 Å². The van der Waals surface area contributed by atoms with Crippen LogP contribution in [-0.2, 0) is 19.7 Å². The maximum Gasteiger partial charge on any atom is 0.331 e. The van der Waals surface area contributed by atoms with Crippen LogP contribution < -0.4 is 5.32 Å². The van der Waals surface area contributed by atoms with Gasteiger partial charge < -0.3 is 10.1 Å². The Bertz CT molecular complexity index is 811. The smallest absolute Gasteiger partial charge is 0.331 e. The molecular weight excluding hydrogens is 330 g/mol. The summed E-state index contributed by atoms with van der Waals surface area (Å²) in [5, 5.41) is 7.40. The maximum atomic E-state index is 12.2. The molecule has 138 valence electrons. The van der Waals surface area contributed by atoms with Crippen molar-refractivity contribution in [3.63, 3.8) is 0 Å². The molecule has 0 bridgehead atoms. The Hall–Kier alpha value is -2.89. The highest BCUT2D eigenvalue weighted by molar-refractivity contribution is 5.93. The number of allylic oxidation sites excluding steroid dienone is 1. The molecule has 1 aromatic heterocycles. The standard InChI is InChI=1S/C20H25N3O3/c1-14(2)11-19(25)26-13-18(24)21-17-12-16(20(3,4)5)22-23(17)15-9-7-6-8-10-15/h6-12H,13H2,1-5H3,(H,21,24). The number of anilines is 1. The van der Waals surface area contributed by atoms with Crippen molar-refractivity contribution in [2.24, 2.45) is 0 Å². The molecule has 6 heteroatoms. The zero-order valence-electron chi connectivity index (χ0n) is 15.9. The van der Waals surface area contributed by atoms with E-state index >= 15 is 0 Å². The van der Waals surface area contributed by atoms with Gasteiger partial charge in [-0.15, -0.1) is 0 Å². The SMILES string of the molecule is CC(C)=CC(=O)OCC(=O)Nc1cc(C(C)(C)C)nn1-c1ccccc1. The lowest BCUT2D eigenvalue weighted by molar-refractivity contribution is -0.142. The van der Waals surface area contributed by atoms with Gasteiger partial charge in [0.25, 0.3) is 5.91 Å². The molecule has 1 heterocycles. The van der Waals surface area contributed by atoms with Crippen LogP contribution in [0, 0.1) is 0 Å². The number of rotatable bonds is 5. The number of esters is 1. The highest BCUT2D eigenvalue weighted by Crippen LogP contribution is 2.26. The Morgan fingerprint density at radius 3 is 2.42 bits per heavy atom. The average molecular weight is 355 g/mol. The number of ether oxygens (including phenoxy) is 1. The van der Waals surface area contributed by atoms with E-state index in [4.69, 9.17) is 4.74 Å². The Morgan fingerprint density at radius 2 is 1.85 bits per heavy atom. The lowest BCUT2D eigenvalue weighted by Gasteiger charge is -2.14. The second kappa shape index (κ2) is 7.99. The molecule has 0 aliphatic rings. The van der Waals surface area contributed by atoms with Gasteiger partial charge >= 0.3 is 5.97 Å². The predicted molar refractivity (Wildman–Crippen MR) is 101 cm³/mol. The Morgan fingerprint density at radius 1 is 1.19 bits per heavy atom. The number of nitrogens with zero attached hydrogens (tertiary/aromatic N) is 2. The zero-order chi connectivity index (χ0) is 19.3. The molecule has 0 saturated heterocycles. The van der Waals surface area contributed by atoms with Crippen LogP contribution >= 0.6 is 0 Å². The largest absolute Gasteiger partial charge is 0.452 e. The number of amides is 1. The van der Waals surface area contributed by atoms with Crippen LogP contribution in [0.5, 0.6) is 0 Å². The fourth-order valence-electron chi connectivity index (χ4n) is 2.20. The van der Waals surface area contributed by atoms with E-state index in [9.17, 15) is 9.59 Å². The number of nitrogens with one attached hydrogen (secondary N) is 1. The number of aromatic nitrogens is 2. The molecule has 1 aromatic carbocycles. The topological polar surface area (TPSA) is 73.2 Å². The Kier molecular flexibility index (Phi) is 5.97. The van der Waals surface area contributed by atoms with Crippen LogP contribution in [0.15, 0.2) is 48.0 Å². The number of benzene rings is 1. The van der Waals surface area contributed by atoms with Crippen molar-refractivity contribution in [3.8, 4) is 5.69 Å². The third-order valence-corrected chi connectivity index (χ3v) is 3.50. The molecule has 0 atom stereocenters. The van der Waals surface area contributed by atoms with Crippen molar-refractivity contribution in [1.82, 2.24) is 9.78 Å². The Labute approximate surface area is 153 Å². The highest BCUT2D eigenvalue weighted by atomic mass is 16.5. The number of hydrogen-bond donors (Lipinski definition) is 1. The first-order valence-corrected chi connectivity index (χ1v) is 8.44. The molecule has 0 fully saturated rings. The molecule has 0 unspecified atom stereocenters. The van der Waals surface area contributed by atoms with E-state index in [2.05, 4.69) is 31.2 Å². The van der Waals surface area contributed by atoms with Crippen LogP contribution in [0.25, 0.3) is 5.69 Å². The lowest BCUT2D eigenvalue weighted by atomic mass is 9.92. The molecule has 0 radical (unpaired) electrons. The second-order valence-electron chi connectivity index (χ2n) is 7.29. The first kappa shape index (κ1) is 19.4. The number of carbonyl (C=O) groups excluding carboxylic acids is 2. The van der Waals surface area contributed by atoms with Gasteiger partial charge in [-0.25, -0.2) is 9.48 Å². The van der Waals surface area contributed by atoms with Gasteiger partial charge in [0, 0.05) is 17.6 Å². The molecule has 0 aliphatic heterocycles. The molecule has 1 amide bonds. The first-order chi connectivity index (χ1) is 12.2. The highest BCUT2D eigenvalue weighted by Gasteiger charge is 2.21. The van der Waals surface area contributed by atoms with Crippen LogP contribution in [0.2, 0.25) is 0 Å². The minimum Gasteiger partial charge on any atom is -0.452 e. The van der Waals surface area contributed by atoms with Crippen LogP contribution in [-0.4, -0.2) is 28.3 Å². The summed E-state index contributed by atoms with van der Waals surface area (Å²) in [6.45, 7) is 9.38. The van der Waals surface area contributed by atoms with Gasteiger partial charge in [0.15, 0.2) is 6.61 Å². The quantitative estimate of drug-likeness (QED) is 0.657. The van der Waals surface area contributed by atoms with E-state index in [-0.39, 0.29) is 12.0 Å². The normalized spacial score (nSPS) is 11.0. The molecule has 1 N–H and O–H groups in total. The Balaban J connectivity index is 2.20. The predicted octanol–water partition coefficient (Wildman–Crippen LogP) is 3.62. The van der Waals surface area contributed by atoms with Crippen molar-refractivity contribution >= 4 is 17.7 Å². The van der Waals surface area contributed by atoms with Gasteiger partial charge in [-0.2, -0.15) is 5.10 Å². The molecule has 2 aromatic rings. The van der Waals surface area contributed by atoms with Crippen molar-refractivity contribution in [1.29, 1.82) is 0 Å². The van der Waals surface area contributed by atoms with E-state index in [1.807, 2.05) is 36.4 Å². The van der Waals surface area contributed by atoms with E-state index in [1.54, 1.807) is 18.5 Å². The van der Waals surface area contributed by atoms with Crippen LogP contribution in [0.3, 0.4) is 0 Å². The number of para-hydroxylation sites is 1. The van der Waals surface area contributed by atoms with Gasteiger partial charge in [0.05, 0.1) is 11.4 Å². The maximum absolute atomic E-state index is 12.2. The molecule has 0 aliphatic carbocycles. The fourth-order valence-corrected chi connectivity index (χ4v) is 2.20. The van der Waals surface area contributed by atoms with Crippen molar-refractivity contribution in [2.75, 3.05) is 11.9 Å². The van der Waals surface area contributed by atoms with E-state index in [1.165, 1.54) is 6.08 Å². The molecule has 2 rings (SSSR count). The van der Waals surface area contributed by atoms with E-state index in [0.717, 1.165) is 17.0 Å². The summed E-state index contributed by atoms with van der Waals surface area (Å²) in [4.78, 5) is 23.7. The van der Waals surface area contributed by atoms with Gasteiger partial charge in [-0.3, -0.25) is 4.79 Å². The first-order valence-electron chi connectivity index (χ1n) is 8.44. The summed E-state index contributed by atoms with van der Waals surface area (Å²) in [7, 11) is 0. The van der Waals surface area contributed by atoms with Gasteiger partial charge in [-0.05, 0) is 26.0 Å². The van der Waals surface area contributed by atoms with E-state index < -0.39 is 11.9 Å². The third kappa shape index (κ3) is 5.31. The van der Waals surface area contributed by atoms with Crippen molar-refractivity contribution < 1.29 is 14.3 Å². The van der Waals surface area contributed by atoms with E-state index in [0.29, 0.717) is 5.82 Å². The van der Waals surface area contributed by atoms with Gasteiger partial charge in [0.2, 0.25) is 0 Å². The zero-order valence-corrected chi connectivity index (χ0v) is 15.9. The lowest BCUT2D eigenvalue weighted by Crippen LogP contribution is -2.21. The third-order valence-electron chi connectivity index (χ3n) is 3.50. The number of hydrogen-bond acceptors (Lipinski definition) is 4. The summed E-state index contributed by atoms with van der Waals surface area (Å²) in [6, 6.07) is 11.4. The van der Waals surface area contributed by atoms with Crippen LogP contribution in [0.4, 0.5) is 5.82 Å². The fraction of sp³-hybridized carbons (Fsp3) is 0.350. The molecular formula is C20H25N3O3. The summed E-state index contributed by atoms with van der Waals surface area (Å²) >= 11 is 0. The summed E-state index contributed by atoms with van der Waals surface area (Å²) in [5.41, 5.74) is 2.32.